The van der Waals surface area contributed by atoms with E-state index in [1.54, 1.807) is 0 Å². The van der Waals surface area contributed by atoms with Gasteiger partial charge in [-0.15, -0.1) is 0 Å². The average molecular weight is 243 g/mol. The average Bonchev–Trinajstić information content (AvgIpc) is 2.96. The summed E-state index contributed by atoms with van der Waals surface area (Å²) in [5, 5.41) is 5.38. The van der Waals surface area contributed by atoms with Crippen molar-refractivity contribution in [2.75, 3.05) is 26.7 Å². The molecule has 6 heteroatoms. The number of carbonyl (C=O) groups excluding carboxylic acids is 2. The van der Waals surface area contributed by atoms with Crippen molar-refractivity contribution in [2.45, 2.75) is 31.0 Å². The van der Waals surface area contributed by atoms with Crippen LogP contribution in [0.5, 0.6) is 0 Å². The maximum Gasteiger partial charge on any atom is 0.262 e. The highest BCUT2D eigenvalue weighted by atomic mass is 19.1. The van der Waals surface area contributed by atoms with Gasteiger partial charge in [0.05, 0.1) is 0 Å². The van der Waals surface area contributed by atoms with Crippen LogP contribution in [0.3, 0.4) is 0 Å². The summed E-state index contributed by atoms with van der Waals surface area (Å²) in [6.07, 6.45) is 1.57. The molecular weight excluding hydrogens is 225 g/mol. The summed E-state index contributed by atoms with van der Waals surface area (Å²) in [6.45, 7) is 1.05. The van der Waals surface area contributed by atoms with Gasteiger partial charge in [0.15, 0.2) is 0 Å². The largest absolute Gasteiger partial charge is 0.357 e. The number of likely N-dealkylation sites (tertiary alicyclic amines) is 1. The molecule has 2 aliphatic heterocycles. The lowest BCUT2D eigenvalue weighted by Crippen LogP contribution is -2.53. The van der Waals surface area contributed by atoms with Gasteiger partial charge in [-0.2, -0.15) is 0 Å². The molecule has 0 aromatic rings. The summed E-state index contributed by atoms with van der Waals surface area (Å²) < 4.78 is 14.3. The highest BCUT2D eigenvalue weighted by Crippen LogP contribution is 2.27. The predicted molar refractivity (Wildman–Crippen MR) is 60.1 cm³/mol. The Balaban J connectivity index is 2.10. The minimum Gasteiger partial charge on any atom is -0.357 e. The molecule has 96 valence electrons. The van der Waals surface area contributed by atoms with E-state index in [1.807, 2.05) is 0 Å². The Kier molecular flexibility index (Phi) is 3.33. The molecule has 0 unspecified atom stereocenters. The highest BCUT2D eigenvalue weighted by Gasteiger charge is 2.47. The van der Waals surface area contributed by atoms with Crippen molar-refractivity contribution in [3.05, 3.63) is 0 Å². The summed E-state index contributed by atoms with van der Waals surface area (Å²) in [5.41, 5.74) is -1.82. The van der Waals surface area contributed by atoms with Crippen LogP contribution in [-0.2, 0) is 9.59 Å². The SMILES string of the molecule is CNC(=O)[C@H]1CCCN1C(=O)[C@@]1(F)CCNC1. The predicted octanol–water partition coefficient (Wildman–Crippen LogP) is -0.575. The number of amides is 2. The fourth-order valence-corrected chi connectivity index (χ4v) is 2.55. The molecule has 0 bridgehead atoms. The maximum atomic E-state index is 14.3. The van der Waals surface area contributed by atoms with Crippen molar-refractivity contribution >= 4 is 11.8 Å². The summed E-state index contributed by atoms with van der Waals surface area (Å²) in [5.74, 6) is -0.737. The molecule has 2 rings (SSSR count). The van der Waals surface area contributed by atoms with E-state index in [0.29, 0.717) is 19.5 Å². The molecular formula is C11H18FN3O2. The minimum atomic E-state index is -1.82. The number of alkyl halides is 1. The van der Waals surface area contributed by atoms with Crippen molar-refractivity contribution in [1.82, 2.24) is 15.5 Å². The smallest absolute Gasteiger partial charge is 0.262 e. The third kappa shape index (κ3) is 2.13. The minimum absolute atomic E-state index is 0.0583. The van der Waals surface area contributed by atoms with Gasteiger partial charge in [0.25, 0.3) is 5.91 Å². The lowest BCUT2D eigenvalue weighted by molar-refractivity contribution is -0.147. The second-order valence-electron chi connectivity index (χ2n) is 4.66. The first-order valence-corrected chi connectivity index (χ1v) is 6.01. The number of nitrogens with zero attached hydrogens (tertiary/aromatic N) is 1. The molecule has 0 aromatic carbocycles. The summed E-state index contributed by atoms with van der Waals surface area (Å²) in [4.78, 5) is 25.1. The van der Waals surface area contributed by atoms with E-state index in [2.05, 4.69) is 10.6 Å². The van der Waals surface area contributed by atoms with Gasteiger partial charge in [-0.05, 0) is 19.4 Å². The van der Waals surface area contributed by atoms with Gasteiger partial charge < -0.3 is 15.5 Å². The van der Waals surface area contributed by atoms with Gasteiger partial charge in [0.2, 0.25) is 11.6 Å². The van der Waals surface area contributed by atoms with Crippen molar-refractivity contribution < 1.29 is 14.0 Å². The molecule has 2 N–H and O–H groups in total. The van der Waals surface area contributed by atoms with Gasteiger partial charge in [0, 0.05) is 26.6 Å². The molecule has 2 atom stereocenters. The number of carbonyl (C=O) groups is 2. The molecule has 0 aliphatic carbocycles. The summed E-state index contributed by atoms with van der Waals surface area (Å²) in [6, 6.07) is -0.499. The molecule has 2 aliphatic rings. The zero-order chi connectivity index (χ0) is 12.5. The molecule has 17 heavy (non-hydrogen) atoms. The van der Waals surface area contributed by atoms with E-state index in [-0.39, 0.29) is 18.9 Å². The second kappa shape index (κ2) is 4.60. The number of halogens is 1. The molecule has 5 nitrogen and oxygen atoms in total. The highest BCUT2D eigenvalue weighted by molar-refractivity contribution is 5.92. The third-order valence-electron chi connectivity index (χ3n) is 3.55. The first-order chi connectivity index (χ1) is 8.08. The van der Waals surface area contributed by atoms with Crippen molar-refractivity contribution in [3.63, 3.8) is 0 Å². The van der Waals surface area contributed by atoms with Crippen LogP contribution in [-0.4, -0.2) is 55.1 Å². The van der Waals surface area contributed by atoms with Crippen LogP contribution in [0.4, 0.5) is 4.39 Å². The number of hydrogen-bond acceptors (Lipinski definition) is 3. The Morgan fingerprint density at radius 2 is 2.29 bits per heavy atom. The van der Waals surface area contributed by atoms with Gasteiger partial charge in [0.1, 0.15) is 6.04 Å². The van der Waals surface area contributed by atoms with Crippen LogP contribution < -0.4 is 10.6 Å². The number of hydrogen-bond donors (Lipinski definition) is 2. The molecule has 2 saturated heterocycles. The molecule has 0 radical (unpaired) electrons. The molecule has 0 aromatic heterocycles. The Labute approximate surface area is 99.7 Å². The Bertz CT molecular complexity index is 329. The van der Waals surface area contributed by atoms with Gasteiger partial charge in [-0.25, -0.2) is 4.39 Å². The summed E-state index contributed by atoms with van der Waals surface area (Å²) in [7, 11) is 1.53. The van der Waals surface area contributed by atoms with E-state index in [1.165, 1.54) is 11.9 Å². The number of likely N-dealkylation sites (N-methyl/N-ethyl adjacent to an activating group) is 1. The van der Waals surface area contributed by atoms with Crippen molar-refractivity contribution in [1.29, 1.82) is 0 Å². The van der Waals surface area contributed by atoms with Crippen LogP contribution in [0.2, 0.25) is 0 Å². The van der Waals surface area contributed by atoms with Crippen molar-refractivity contribution in [2.24, 2.45) is 0 Å². The van der Waals surface area contributed by atoms with Crippen LogP contribution in [0.25, 0.3) is 0 Å². The van der Waals surface area contributed by atoms with Crippen LogP contribution in [0, 0.1) is 0 Å². The zero-order valence-electron chi connectivity index (χ0n) is 9.96. The second-order valence-corrected chi connectivity index (χ2v) is 4.66. The van der Waals surface area contributed by atoms with Crippen LogP contribution in [0.1, 0.15) is 19.3 Å². The standard InChI is InChI=1S/C11H18FN3O2/c1-13-9(16)8-3-2-6-15(8)10(17)11(12)4-5-14-7-11/h8,14H,2-7H2,1H3,(H,13,16)/t8-,11-/m1/s1. The molecule has 2 heterocycles. The van der Waals surface area contributed by atoms with E-state index in [4.69, 9.17) is 0 Å². The normalized spacial score (nSPS) is 32.8. The van der Waals surface area contributed by atoms with E-state index >= 15 is 0 Å². The zero-order valence-corrected chi connectivity index (χ0v) is 9.96. The Hall–Kier alpha value is -1.17. The number of nitrogens with one attached hydrogen (secondary N) is 2. The quantitative estimate of drug-likeness (QED) is 0.682. The lowest BCUT2D eigenvalue weighted by atomic mass is 10.0. The Morgan fingerprint density at radius 3 is 2.88 bits per heavy atom. The topological polar surface area (TPSA) is 61.4 Å². The third-order valence-corrected chi connectivity index (χ3v) is 3.55. The molecule has 2 amide bonds. The fraction of sp³-hybridized carbons (Fsp3) is 0.818. The van der Waals surface area contributed by atoms with Gasteiger partial charge >= 0.3 is 0 Å². The molecule has 0 saturated carbocycles. The van der Waals surface area contributed by atoms with Gasteiger partial charge in [-0.3, -0.25) is 9.59 Å². The maximum absolute atomic E-state index is 14.3. The first-order valence-electron chi connectivity index (χ1n) is 6.01. The lowest BCUT2D eigenvalue weighted by Gasteiger charge is -2.29. The summed E-state index contributed by atoms with van der Waals surface area (Å²) >= 11 is 0. The van der Waals surface area contributed by atoms with E-state index in [0.717, 1.165) is 6.42 Å². The van der Waals surface area contributed by atoms with Crippen LogP contribution in [0.15, 0.2) is 0 Å². The van der Waals surface area contributed by atoms with Crippen LogP contribution >= 0.6 is 0 Å². The monoisotopic (exact) mass is 243 g/mol. The van der Waals surface area contributed by atoms with Gasteiger partial charge in [-0.1, -0.05) is 0 Å². The fourth-order valence-electron chi connectivity index (χ4n) is 2.55. The molecule has 2 fully saturated rings. The first kappa shape index (κ1) is 12.3. The van der Waals surface area contributed by atoms with Crippen molar-refractivity contribution in [3.8, 4) is 0 Å². The molecule has 0 spiro atoms. The van der Waals surface area contributed by atoms with E-state index in [9.17, 15) is 14.0 Å². The van der Waals surface area contributed by atoms with E-state index < -0.39 is 17.6 Å². The Morgan fingerprint density at radius 1 is 1.53 bits per heavy atom. The number of rotatable bonds is 2.